The first kappa shape index (κ1) is 12.2. The molecular formula is C15H17NO3. The summed E-state index contributed by atoms with van der Waals surface area (Å²) in [5.74, 6) is 0.116. The minimum absolute atomic E-state index is 0.0163. The second-order valence-electron chi connectivity index (χ2n) is 5.34. The molecular weight excluding hydrogens is 242 g/mol. The number of ether oxygens (including phenoxy) is 1. The Balaban J connectivity index is 1.99. The van der Waals surface area contributed by atoms with Crippen molar-refractivity contribution in [3.63, 3.8) is 0 Å². The first-order chi connectivity index (χ1) is 9.13. The van der Waals surface area contributed by atoms with Gasteiger partial charge in [-0.05, 0) is 11.5 Å². The normalized spacial score (nSPS) is 35.7. The van der Waals surface area contributed by atoms with Crippen LogP contribution in [0.2, 0.25) is 0 Å². The van der Waals surface area contributed by atoms with E-state index < -0.39 is 5.60 Å². The number of oxime groups is 1. The Morgan fingerprint density at radius 3 is 2.63 bits per heavy atom. The van der Waals surface area contributed by atoms with Crippen LogP contribution in [0.5, 0.6) is 0 Å². The molecule has 1 aromatic rings. The molecule has 0 amide bonds. The molecule has 1 aliphatic heterocycles. The molecule has 1 saturated carbocycles. The number of carbonyl (C=O) groups is 1. The smallest absolute Gasteiger partial charge is 0.354 e. The lowest BCUT2D eigenvalue weighted by atomic mass is 9.53. The molecule has 4 nitrogen and oxygen atoms in total. The summed E-state index contributed by atoms with van der Waals surface area (Å²) in [5.41, 5.74) is 0.952. The van der Waals surface area contributed by atoms with E-state index in [1.165, 1.54) is 7.11 Å². The molecule has 1 fully saturated rings. The zero-order valence-electron chi connectivity index (χ0n) is 11.3. The van der Waals surface area contributed by atoms with Gasteiger partial charge >= 0.3 is 5.97 Å². The molecule has 4 atom stereocenters. The fraction of sp³-hybridized carbons (Fsp3) is 0.467. The summed E-state index contributed by atoms with van der Waals surface area (Å²) in [4.78, 5) is 17.7. The van der Waals surface area contributed by atoms with Crippen LogP contribution in [-0.2, 0) is 14.4 Å². The molecule has 0 N–H and O–H groups in total. The summed E-state index contributed by atoms with van der Waals surface area (Å²) < 4.78 is 4.92. The predicted molar refractivity (Wildman–Crippen MR) is 70.6 cm³/mol. The van der Waals surface area contributed by atoms with Crippen molar-refractivity contribution in [1.29, 1.82) is 0 Å². The third kappa shape index (κ3) is 1.40. The zero-order chi connectivity index (χ0) is 13.6. The Labute approximate surface area is 112 Å². The quantitative estimate of drug-likeness (QED) is 0.765. The number of nitrogens with zero attached hydrogens (tertiary/aromatic N) is 1. The second kappa shape index (κ2) is 4.08. The van der Waals surface area contributed by atoms with Crippen molar-refractivity contribution in [3.8, 4) is 0 Å². The molecule has 1 heterocycles. The van der Waals surface area contributed by atoms with Gasteiger partial charge in [0.05, 0.1) is 18.7 Å². The average Bonchev–Trinajstić information content (AvgIpc) is 2.84. The van der Waals surface area contributed by atoms with E-state index in [4.69, 9.17) is 9.57 Å². The highest BCUT2D eigenvalue weighted by molar-refractivity contribution is 6.08. The number of fused-ring (bicyclic) bond motifs is 1. The highest BCUT2D eigenvalue weighted by atomic mass is 16.7. The third-order valence-corrected chi connectivity index (χ3v) is 4.62. The first-order valence-corrected chi connectivity index (χ1v) is 6.52. The van der Waals surface area contributed by atoms with Crippen LogP contribution in [0, 0.1) is 17.8 Å². The van der Waals surface area contributed by atoms with E-state index in [0.29, 0.717) is 5.92 Å². The number of carbonyl (C=O) groups excluding carboxylic acids is 1. The highest BCUT2D eigenvalue weighted by Gasteiger charge is 2.71. The van der Waals surface area contributed by atoms with Crippen LogP contribution in [-0.4, -0.2) is 24.4 Å². The van der Waals surface area contributed by atoms with Gasteiger partial charge in [-0.25, -0.2) is 4.79 Å². The lowest BCUT2D eigenvalue weighted by Gasteiger charge is -2.50. The Morgan fingerprint density at radius 1 is 1.32 bits per heavy atom. The monoisotopic (exact) mass is 259 g/mol. The van der Waals surface area contributed by atoms with Gasteiger partial charge in [-0.1, -0.05) is 49.3 Å². The standard InChI is InChI=1S/C15H17NO3/c1-9-10(2)15(14(17)18-3)12(9)13(16-19-15)11-7-5-4-6-8-11/h4-10,12H,1-3H3/t9-,10-,12-,15-/m1/s1. The van der Waals surface area contributed by atoms with Gasteiger partial charge in [-0.15, -0.1) is 0 Å². The summed E-state index contributed by atoms with van der Waals surface area (Å²) in [5, 5.41) is 4.19. The van der Waals surface area contributed by atoms with E-state index in [9.17, 15) is 4.79 Å². The van der Waals surface area contributed by atoms with Gasteiger partial charge in [0.15, 0.2) is 0 Å². The summed E-state index contributed by atoms with van der Waals surface area (Å²) in [6.07, 6.45) is 0. The number of esters is 1. The number of methoxy groups -OCH3 is 1. The largest absolute Gasteiger partial charge is 0.466 e. The molecule has 1 aliphatic carbocycles. The third-order valence-electron chi connectivity index (χ3n) is 4.62. The van der Waals surface area contributed by atoms with Crippen LogP contribution in [0.1, 0.15) is 19.4 Å². The zero-order valence-corrected chi connectivity index (χ0v) is 11.3. The van der Waals surface area contributed by atoms with Crippen molar-refractivity contribution >= 4 is 11.7 Å². The van der Waals surface area contributed by atoms with Crippen molar-refractivity contribution in [2.75, 3.05) is 7.11 Å². The van der Waals surface area contributed by atoms with Gasteiger partial charge < -0.3 is 9.57 Å². The molecule has 0 radical (unpaired) electrons. The van der Waals surface area contributed by atoms with Crippen molar-refractivity contribution in [2.45, 2.75) is 19.4 Å². The molecule has 0 bridgehead atoms. The van der Waals surface area contributed by atoms with Gasteiger partial charge in [0.1, 0.15) is 0 Å². The van der Waals surface area contributed by atoms with Crippen LogP contribution in [0.3, 0.4) is 0 Å². The van der Waals surface area contributed by atoms with Crippen molar-refractivity contribution in [1.82, 2.24) is 0 Å². The molecule has 0 spiro atoms. The number of hydrogen-bond donors (Lipinski definition) is 0. The number of rotatable bonds is 2. The maximum Gasteiger partial charge on any atom is 0.354 e. The van der Waals surface area contributed by atoms with Crippen LogP contribution < -0.4 is 0 Å². The Morgan fingerprint density at radius 2 is 2.00 bits per heavy atom. The van der Waals surface area contributed by atoms with Crippen LogP contribution >= 0.6 is 0 Å². The molecule has 2 aliphatic rings. The van der Waals surface area contributed by atoms with E-state index in [-0.39, 0.29) is 17.8 Å². The van der Waals surface area contributed by atoms with Gasteiger partial charge in [-0.2, -0.15) is 0 Å². The molecule has 0 unspecified atom stereocenters. The van der Waals surface area contributed by atoms with Gasteiger partial charge in [0.2, 0.25) is 5.60 Å². The van der Waals surface area contributed by atoms with E-state index in [1.807, 2.05) is 37.3 Å². The predicted octanol–water partition coefficient (Wildman–Crippen LogP) is 2.23. The van der Waals surface area contributed by atoms with Gasteiger partial charge in [0.25, 0.3) is 0 Å². The van der Waals surface area contributed by atoms with E-state index in [0.717, 1.165) is 11.3 Å². The molecule has 100 valence electrons. The molecule has 0 aromatic heterocycles. The fourth-order valence-electron chi connectivity index (χ4n) is 3.36. The molecule has 4 heteroatoms. The minimum atomic E-state index is -0.917. The summed E-state index contributed by atoms with van der Waals surface area (Å²) in [7, 11) is 1.40. The Kier molecular flexibility index (Phi) is 2.62. The number of benzene rings is 1. The molecule has 1 aromatic carbocycles. The number of hydrogen-bond acceptors (Lipinski definition) is 4. The first-order valence-electron chi connectivity index (χ1n) is 6.52. The molecule has 0 saturated heterocycles. The summed E-state index contributed by atoms with van der Waals surface area (Å²) in [6.45, 7) is 4.14. The SMILES string of the molecule is COC(=O)[C@]12ON=C(c3ccccc3)[C@H]1[C@H](C)[C@H]2C. The van der Waals surface area contributed by atoms with E-state index in [2.05, 4.69) is 12.1 Å². The van der Waals surface area contributed by atoms with Gasteiger partial charge in [-0.3, -0.25) is 0 Å². The summed E-state index contributed by atoms with van der Waals surface area (Å²) >= 11 is 0. The average molecular weight is 259 g/mol. The molecule has 3 rings (SSSR count). The van der Waals surface area contributed by atoms with Crippen molar-refractivity contribution < 1.29 is 14.4 Å². The lowest BCUT2D eigenvalue weighted by Crippen LogP contribution is -2.66. The fourth-order valence-corrected chi connectivity index (χ4v) is 3.36. The van der Waals surface area contributed by atoms with Crippen LogP contribution in [0.25, 0.3) is 0 Å². The maximum absolute atomic E-state index is 12.1. The van der Waals surface area contributed by atoms with Crippen molar-refractivity contribution in [2.24, 2.45) is 22.9 Å². The Hall–Kier alpha value is -1.84. The highest BCUT2D eigenvalue weighted by Crippen LogP contribution is 2.56. The maximum atomic E-state index is 12.1. The molecule has 19 heavy (non-hydrogen) atoms. The Bertz CT molecular complexity index is 540. The van der Waals surface area contributed by atoms with Gasteiger partial charge in [0, 0.05) is 5.92 Å². The van der Waals surface area contributed by atoms with E-state index in [1.54, 1.807) is 0 Å². The lowest BCUT2D eigenvalue weighted by molar-refractivity contribution is -0.210. The topological polar surface area (TPSA) is 47.9 Å². The van der Waals surface area contributed by atoms with Crippen molar-refractivity contribution in [3.05, 3.63) is 35.9 Å². The second-order valence-corrected chi connectivity index (χ2v) is 5.34. The summed E-state index contributed by atoms with van der Waals surface area (Å²) in [6, 6.07) is 9.86. The van der Waals surface area contributed by atoms with Crippen LogP contribution in [0.4, 0.5) is 0 Å². The minimum Gasteiger partial charge on any atom is -0.466 e. The van der Waals surface area contributed by atoms with Crippen LogP contribution in [0.15, 0.2) is 35.5 Å². The van der Waals surface area contributed by atoms with E-state index >= 15 is 0 Å².